The standard InChI is InChI=1S/C18H17NO/c19-18(20)10-4-8-13-7-3-9-16-11-14-5-1-2-6-15(14)12-17(13)16/h1-3,5-7,9,11-12H,4,8,10H2,(H2,19,20). The van der Waals surface area contributed by atoms with Gasteiger partial charge in [0.1, 0.15) is 0 Å². The molecule has 20 heavy (non-hydrogen) atoms. The van der Waals surface area contributed by atoms with Crippen LogP contribution in [0, 0.1) is 0 Å². The molecule has 3 rings (SSSR count). The smallest absolute Gasteiger partial charge is 0.217 e. The molecular weight excluding hydrogens is 246 g/mol. The summed E-state index contributed by atoms with van der Waals surface area (Å²) in [5, 5.41) is 5.03. The summed E-state index contributed by atoms with van der Waals surface area (Å²) in [7, 11) is 0. The predicted molar refractivity (Wildman–Crippen MR) is 83.6 cm³/mol. The summed E-state index contributed by atoms with van der Waals surface area (Å²) in [6.07, 6.45) is 2.14. The van der Waals surface area contributed by atoms with Gasteiger partial charge in [0.25, 0.3) is 0 Å². The molecule has 2 nitrogen and oxygen atoms in total. The Balaban J connectivity index is 2.03. The van der Waals surface area contributed by atoms with Crippen molar-refractivity contribution in [3.8, 4) is 0 Å². The van der Waals surface area contributed by atoms with E-state index < -0.39 is 0 Å². The second-order valence-corrected chi connectivity index (χ2v) is 5.16. The number of fused-ring (bicyclic) bond motifs is 2. The Labute approximate surface area is 118 Å². The molecule has 0 aromatic heterocycles. The van der Waals surface area contributed by atoms with Crippen LogP contribution in [0.5, 0.6) is 0 Å². The van der Waals surface area contributed by atoms with Gasteiger partial charge in [-0.25, -0.2) is 0 Å². The number of hydrogen-bond acceptors (Lipinski definition) is 1. The van der Waals surface area contributed by atoms with Crippen molar-refractivity contribution in [2.45, 2.75) is 19.3 Å². The molecule has 0 fully saturated rings. The third-order valence-corrected chi connectivity index (χ3v) is 3.71. The maximum atomic E-state index is 10.9. The zero-order valence-electron chi connectivity index (χ0n) is 11.3. The summed E-state index contributed by atoms with van der Waals surface area (Å²) in [6, 6.07) is 19.2. The largest absolute Gasteiger partial charge is 0.370 e. The van der Waals surface area contributed by atoms with Crippen molar-refractivity contribution in [1.29, 1.82) is 0 Å². The van der Waals surface area contributed by atoms with Crippen LogP contribution >= 0.6 is 0 Å². The minimum absolute atomic E-state index is 0.226. The fraction of sp³-hybridized carbons (Fsp3) is 0.167. The molecule has 2 N–H and O–H groups in total. The number of aryl methyl sites for hydroxylation is 1. The maximum Gasteiger partial charge on any atom is 0.217 e. The number of carbonyl (C=O) groups is 1. The molecule has 1 amide bonds. The van der Waals surface area contributed by atoms with E-state index in [9.17, 15) is 4.79 Å². The zero-order chi connectivity index (χ0) is 13.9. The Kier molecular flexibility index (Phi) is 3.38. The number of primary amides is 1. The Hall–Kier alpha value is -2.35. The Morgan fingerprint density at radius 3 is 2.35 bits per heavy atom. The van der Waals surface area contributed by atoms with Gasteiger partial charge in [0, 0.05) is 6.42 Å². The first-order valence-corrected chi connectivity index (χ1v) is 6.93. The topological polar surface area (TPSA) is 43.1 Å². The molecule has 0 aliphatic heterocycles. The molecule has 0 saturated carbocycles. The normalized spacial score (nSPS) is 11.0. The van der Waals surface area contributed by atoms with Gasteiger partial charge in [0.05, 0.1) is 0 Å². The minimum atomic E-state index is -0.226. The first-order chi connectivity index (χ1) is 9.74. The lowest BCUT2D eigenvalue weighted by Crippen LogP contribution is -2.10. The molecule has 100 valence electrons. The zero-order valence-corrected chi connectivity index (χ0v) is 11.3. The van der Waals surface area contributed by atoms with Gasteiger partial charge < -0.3 is 5.73 Å². The molecule has 0 spiro atoms. The first-order valence-electron chi connectivity index (χ1n) is 6.93. The summed E-state index contributed by atoms with van der Waals surface area (Å²) in [6.45, 7) is 0. The third kappa shape index (κ3) is 2.50. The predicted octanol–water partition coefficient (Wildman–Crippen LogP) is 3.80. The van der Waals surface area contributed by atoms with Crippen molar-refractivity contribution in [3.63, 3.8) is 0 Å². The van der Waals surface area contributed by atoms with Gasteiger partial charge in [0.15, 0.2) is 0 Å². The average Bonchev–Trinajstić information content (AvgIpc) is 2.45. The SMILES string of the molecule is NC(=O)CCCc1cccc2cc3ccccc3cc12. The monoisotopic (exact) mass is 263 g/mol. The maximum absolute atomic E-state index is 10.9. The highest BCUT2D eigenvalue weighted by Crippen LogP contribution is 2.26. The van der Waals surface area contributed by atoms with E-state index in [2.05, 4.69) is 54.6 Å². The number of carbonyl (C=O) groups excluding carboxylic acids is 1. The number of amides is 1. The number of benzene rings is 3. The molecular formula is C18H17NO. The summed E-state index contributed by atoms with van der Waals surface area (Å²) in [5.74, 6) is -0.226. The molecule has 0 radical (unpaired) electrons. The number of hydrogen-bond donors (Lipinski definition) is 1. The van der Waals surface area contributed by atoms with Gasteiger partial charge in [-0.1, -0.05) is 42.5 Å². The van der Waals surface area contributed by atoms with Crippen molar-refractivity contribution in [1.82, 2.24) is 0 Å². The number of rotatable bonds is 4. The van der Waals surface area contributed by atoms with Crippen LogP contribution in [0.1, 0.15) is 18.4 Å². The van der Waals surface area contributed by atoms with E-state index in [0.717, 1.165) is 12.8 Å². The summed E-state index contributed by atoms with van der Waals surface area (Å²) < 4.78 is 0. The van der Waals surface area contributed by atoms with Gasteiger partial charge in [-0.2, -0.15) is 0 Å². The molecule has 3 aromatic rings. The van der Waals surface area contributed by atoms with Crippen LogP contribution in [0.15, 0.2) is 54.6 Å². The molecule has 0 saturated heterocycles. The van der Waals surface area contributed by atoms with Crippen LogP contribution in [0.2, 0.25) is 0 Å². The summed E-state index contributed by atoms with van der Waals surface area (Å²) >= 11 is 0. The highest BCUT2D eigenvalue weighted by Gasteiger charge is 2.04. The van der Waals surface area contributed by atoms with Crippen molar-refractivity contribution < 1.29 is 4.79 Å². The van der Waals surface area contributed by atoms with E-state index in [1.54, 1.807) is 0 Å². The third-order valence-electron chi connectivity index (χ3n) is 3.71. The Bertz CT molecular complexity index is 777. The van der Waals surface area contributed by atoms with Crippen LogP contribution in [0.25, 0.3) is 21.5 Å². The second kappa shape index (κ2) is 5.33. The molecule has 0 heterocycles. The van der Waals surface area contributed by atoms with Crippen LogP contribution in [-0.2, 0) is 11.2 Å². The number of nitrogens with two attached hydrogens (primary N) is 1. The molecule has 3 aromatic carbocycles. The lowest BCUT2D eigenvalue weighted by atomic mass is 9.97. The van der Waals surface area contributed by atoms with E-state index >= 15 is 0 Å². The molecule has 0 unspecified atom stereocenters. The molecule has 0 atom stereocenters. The fourth-order valence-electron chi connectivity index (χ4n) is 2.70. The van der Waals surface area contributed by atoms with Crippen molar-refractivity contribution in [2.75, 3.05) is 0 Å². The molecule has 2 heteroatoms. The van der Waals surface area contributed by atoms with Gasteiger partial charge in [-0.05, 0) is 52.1 Å². The van der Waals surface area contributed by atoms with Crippen molar-refractivity contribution >= 4 is 27.5 Å². The van der Waals surface area contributed by atoms with E-state index in [1.807, 2.05) is 0 Å². The van der Waals surface area contributed by atoms with Crippen LogP contribution in [0.3, 0.4) is 0 Å². The Morgan fingerprint density at radius 2 is 1.60 bits per heavy atom. The van der Waals surface area contributed by atoms with Gasteiger partial charge in [0.2, 0.25) is 5.91 Å². The second-order valence-electron chi connectivity index (χ2n) is 5.16. The Morgan fingerprint density at radius 1 is 0.900 bits per heavy atom. The highest BCUT2D eigenvalue weighted by molar-refractivity contribution is 5.99. The quantitative estimate of drug-likeness (QED) is 0.715. The summed E-state index contributed by atoms with van der Waals surface area (Å²) in [5.41, 5.74) is 6.49. The minimum Gasteiger partial charge on any atom is -0.370 e. The van der Waals surface area contributed by atoms with Gasteiger partial charge >= 0.3 is 0 Å². The average molecular weight is 263 g/mol. The van der Waals surface area contributed by atoms with Gasteiger partial charge in [-0.15, -0.1) is 0 Å². The van der Waals surface area contributed by atoms with Crippen LogP contribution in [0.4, 0.5) is 0 Å². The van der Waals surface area contributed by atoms with E-state index in [4.69, 9.17) is 5.73 Å². The van der Waals surface area contributed by atoms with Crippen molar-refractivity contribution in [3.05, 3.63) is 60.2 Å². The van der Waals surface area contributed by atoms with E-state index in [1.165, 1.54) is 27.1 Å². The molecule has 0 bridgehead atoms. The lowest BCUT2D eigenvalue weighted by Gasteiger charge is -2.08. The first kappa shape index (κ1) is 12.7. The van der Waals surface area contributed by atoms with Crippen LogP contribution in [-0.4, -0.2) is 5.91 Å². The fourth-order valence-corrected chi connectivity index (χ4v) is 2.70. The molecule has 0 aliphatic rings. The van der Waals surface area contributed by atoms with Gasteiger partial charge in [-0.3, -0.25) is 4.79 Å². The lowest BCUT2D eigenvalue weighted by molar-refractivity contribution is -0.118. The summed E-state index contributed by atoms with van der Waals surface area (Å²) in [4.78, 5) is 10.9. The van der Waals surface area contributed by atoms with Crippen molar-refractivity contribution in [2.24, 2.45) is 5.73 Å². The van der Waals surface area contributed by atoms with E-state index in [-0.39, 0.29) is 5.91 Å². The van der Waals surface area contributed by atoms with Crippen LogP contribution < -0.4 is 5.73 Å². The highest BCUT2D eigenvalue weighted by atomic mass is 16.1. The molecule has 0 aliphatic carbocycles. The van der Waals surface area contributed by atoms with E-state index in [0.29, 0.717) is 6.42 Å².